The number of carbonyl (C=O) groups excluding carboxylic acids is 2. The maximum absolute atomic E-state index is 12.8. The Bertz CT molecular complexity index is 918. The molecule has 0 aliphatic carbocycles. The van der Waals surface area contributed by atoms with Gasteiger partial charge in [-0.1, -0.05) is 66.2 Å². The SMILES string of the molecule is Cc1ccc(C(=O)c2ccccc2C(=O)NCCOc2ccccc2)cc1. The predicted molar refractivity (Wildman–Crippen MR) is 105 cm³/mol. The molecule has 1 N–H and O–H groups in total. The average Bonchev–Trinajstić information content (AvgIpc) is 2.72. The molecular formula is C23H21NO3. The molecule has 0 saturated carbocycles. The van der Waals surface area contributed by atoms with E-state index in [-0.39, 0.29) is 11.7 Å². The van der Waals surface area contributed by atoms with Gasteiger partial charge in [-0.05, 0) is 25.1 Å². The second kappa shape index (κ2) is 8.81. The molecule has 0 unspecified atom stereocenters. The Hall–Kier alpha value is -3.40. The van der Waals surface area contributed by atoms with Crippen molar-refractivity contribution in [3.8, 4) is 5.75 Å². The van der Waals surface area contributed by atoms with Crippen LogP contribution in [0.4, 0.5) is 0 Å². The molecule has 0 aliphatic heterocycles. The highest BCUT2D eigenvalue weighted by molar-refractivity contribution is 6.15. The van der Waals surface area contributed by atoms with Gasteiger partial charge in [0.15, 0.2) is 5.78 Å². The van der Waals surface area contributed by atoms with Crippen LogP contribution in [0.2, 0.25) is 0 Å². The van der Waals surface area contributed by atoms with Crippen LogP contribution in [-0.2, 0) is 0 Å². The maximum atomic E-state index is 12.8. The Morgan fingerprint density at radius 3 is 2.15 bits per heavy atom. The lowest BCUT2D eigenvalue weighted by Gasteiger charge is -2.11. The summed E-state index contributed by atoms with van der Waals surface area (Å²) < 4.78 is 5.57. The van der Waals surface area contributed by atoms with E-state index in [2.05, 4.69) is 5.32 Å². The van der Waals surface area contributed by atoms with Gasteiger partial charge in [-0.25, -0.2) is 0 Å². The third-order valence-corrected chi connectivity index (χ3v) is 4.13. The first kappa shape index (κ1) is 18.4. The molecule has 0 spiro atoms. The number of para-hydroxylation sites is 1. The molecule has 0 saturated heterocycles. The summed E-state index contributed by atoms with van der Waals surface area (Å²) in [5.41, 5.74) is 2.40. The molecule has 0 heterocycles. The normalized spacial score (nSPS) is 10.3. The fraction of sp³-hybridized carbons (Fsp3) is 0.130. The molecule has 0 fully saturated rings. The first-order valence-electron chi connectivity index (χ1n) is 8.81. The zero-order valence-corrected chi connectivity index (χ0v) is 15.1. The second-order valence-corrected chi connectivity index (χ2v) is 6.16. The minimum Gasteiger partial charge on any atom is -0.492 e. The largest absolute Gasteiger partial charge is 0.492 e. The Balaban J connectivity index is 1.65. The van der Waals surface area contributed by atoms with Gasteiger partial charge in [-0.15, -0.1) is 0 Å². The van der Waals surface area contributed by atoms with E-state index in [9.17, 15) is 9.59 Å². The third-order valence-electron chi connectivity index (χ3n) is 4.13. The minimum atomic E-state index is -0.289. The maximum Gasteiger partial charge on any atom is 0.252 e. The highest BCUT2D eigenvalue weighted by Crippen LogP contribution is 2.15. The van der Waals surface area contributed by atoms with E-state index < -0.39 is 0 Å². The summed E-state index contributed by atoms with van der Waals surface area (Å²) in [5.74, 6) is 0.297. The molecule has 136 valence electrons. The number of ether oxygens (including phenoxy) is 1. The zero-order chi connectivity index (χ0) is 19.1. The van der Waals surface area contributed by atoms with E-state index in [1.807, 2.05) is 49.4 Å². The summed E-state index contributed by atoms with van der Waals surface area (Å²) >= 11 is 0. The number of hydrogen-bond acceptors (Lipinski definition) is 3. The van der Waals surface area contributed by atoms with Crippen LogP contribution in [0.3, 0.4) is 0 Å². The van der Waals surface area contributed by atoms with Gasteiger partial charge in [-0.2, -0.15) is 0 Å². The van der Waals surface area contributed by atoms with Crippen LogP contribution in [0.15, 0.2) is 78.9 Å². The molecule has 3 aromatic rings. The van der Waals surface area contributed by atoms with Crippen LogP contribution in [0.5, 0.6) is 5.75 Å². The Labute approximate surface area is 158 Å². The van der Waals surface area contributed by atoms with Crippen LogP contribution in [0, 0.1) is 6.92 Å². The number of nitrogens with one attached hydrogen (secondary N) is 1. The molecule has 3 aromatic carbocycles. The average molecular weight is 359 g/mol. The lowest BCUT2D eigenvalue weighted by molar-refractivity contribution is 0.0936. The Kier molecular flexibility index (Phi) is 6.00. The number of carbonyl (C=O) groups is 2. The van der Waals surface area contributed by atoms with Crippen molar-refractivity contribution in [2.24, 2.45) is 0 Å². The molecule has 0 radical (unpaired) electrons. The van der Waals surface area contributed by atoms with Gasteiger partial charge in [-0.3, -0.25) is 9.59 Å². The number of rotatable bonds is 7. The fourth-order valence-corrected chi connectivity index (χ4v) is 2.68. The van der Waals surface area contributed by atoms with Crippen LogP contribution < -0.4 is 10.1 Å². The van der Waals surface area contributed by atoms with Crippen molar-refractivity contribution in [3.63, 3.8) is 0 Å². The van der Waals surface area contributed by atoms with Gasteiger partial charge >= 0.3 is 0 Å². The predicted octanol–water partition coefficient (Wildman–Crippen LogP) is 4.03. The lowest BCUT2D eigenvalue weighted by Crippen LogP contribution is -2.29. The monoisotopic (exact) mass is 359 g/mol. The van der Waals surface area contributed by atoms with E-state index in [0.29, 0.717) is 29.8 Å². The van der Waals surface area contributed by atoms with Gasteiger partial charge < -0.3 is 10.1 Å². The number of hydrogen-bond donors (Lipinski definition) is 1. The lowest BCUT2D eigenvalue weighted by atomic mass is 9.97. The van der Waals surface area contributed by atoms with Gasteiger partial charge in [0, 0.05) is 11.1 Å². The van der Waals surface area contributed by atoms with E-state index in [1.165, 1.54) is 0 Å². The Morgan fingerprint density at radius 1 is 0.815 bits per heavy atom. The van der Waals surface area contributed by atoms with Crippen molar-refractivity contribution < 1.29 is 14.3 Å². The minimum absolute atomic E-state index is 0.165. The summed E-state index contributed by atoms with van der Waals surface area (Å²) in [4.78, 5) is 25.3. The molecule has 0 bridgehead atoms. The van der Waals surface area contributed by atoms with Gasteiger partial charge in [0.25, 0.3) is 5.91 Å². The molecule has 4 heteroatoms. The quantitative estimate of drug-likeness (QED) is 0.512. The summed E-state index contributed by atoms with van der Waals surface area (Å²) in [7, 11) is 0. The molecule has 3 rings (SSSR count). The Morgan fingerprint density at radius 2 is 1.44 bits per heavy atom. The van der Waals surface area contributed by atoms with Crippen LogP contribution >= 0.6 is 0 Å². The van der Waals surface area contributed by atoms with Gasteiger partial charge in [0.2, 0.25) is 0 Å². The van der Waals surface area contributed by atoms with Gasteiger partial charge in [0.1, 0.15) is 12.4 Å². The topological polar surface area (TPSA) is 55.4 Å². The summed E-state index contributed by atoms with van der Waals surface area (Å²) in [5, 5.41) is 2.81. The molecule has 0 aromatic heterocycles. The molecule has 1 amide bonds. The van der Waals surface area contributed by atoms with E-state index >= 15 is 0 Å². The third kappa shape index (κ3) is 4.82. The zero-order valence-electron chi connectivity index (χ0n) is 15.1. The van der Waals surface area contributed by atoms with Crippen molar-refractivity contribution in [2.45, 2.75) is 6.92 Å². The van der Waals surface area contributed by atoms with Crippen LogP contribution in [-0.4, -0.2) is 24.8 Å². The van der Waals surface area contributed by atoms with Crippen molar-refractivity contribution in [1.29, 1.82) is 0 Å². The number of ketones is 1. The van der Waals surface area contributed by atoms with Gasteiger partial charge in [0.05, 0.1) is 12.1 Å². The summed E-state index contributed by atoms with van der Waals surface area (Å²) in [6, 6.07) is 23.6. The molecular weight excluding hydrogens is 338 g/mol. The van der Waals surface area contributed by atoms with Crippen LogP contribution in [0.25, 0.3) is 0 Å². The highest BCUT2D eigenvalue weighted by Gasteiger charge is 2.17. The van der Waals surface area contributed by atoms with Crippen molar-refractivity contribution in [1.82, 2.24) is 5.32 Å². The molecule has 0 atom stereocenters. The second-order valence-electron chi connectivity index (χ2n) is 6.16. The smallest absolute Gasteiger partial charge is 0.252 e. The van der Waals surface area contributed by atoms with E-state index in [4.69, 9.17) is 4.74 Å². The molecule has 4 nitrogen and oxygen atoms in total. The van der Waals surface area contributed by atoms with E-state index in [1.54, 1.807) is 36.4 Å². The first-order valence-corrected chi connectivity index (χ1v) is 8.81. The highest BCUT2D eigenvalue weighted by atomic mass is 16.5. The molecule has 0 aliphatic rings. The summed E-state index contributed by atoms with van der Waals surface area (Å²) in [6.45, 7) is 2.66. The molecule has 27 heavy (non-hydrogen) atoms. The summed E-state index contributed by atoms with van der Waals surface area (Å²) in [6.07, 6.45) is 0. The van der Waals surface area contributed by atoms with E-state index in [0.717, 1.165) is 11.3 Å². The van der Waals surface area contributed by atoms with Crippen molar-refractivity contribution in [2.75, 3.05) is 13.2 Å². The van der Waals surface area contributed by atoms with Crippen molar-refractivity contribution >= 4 is 11.7 Å². The first-order chi connectivity index (χ1) is 13.1. The number of aryl methyl sites for hydroxylation is 1. The standard InChI is InChI=1S/C23H21NO3/c1-17-11-13-18(14-12-17)22(25)20-9-5-6-10-21(20)23(26)24-15-16-27-19-7-3-2-4-8-19/h2-14H,15-16H2,1H3,(H,24,26). The number of benzene rings is 3. The van der Waals surface area contributed by atoms with Crippen molar-refractivity contribution in [3.05, 3.63) is 101 Å². The number of amides is 1. The van der Waals surface area contributed by atoms with Crippen LogP contribution in [0.1, 0.15) is 31.8 Å². The fourth-order valence-electron chi connectivity index (χ4n) is 2.68.